The molecule has 5 rings (SSSR count). The molecule has 2 heterocycles. The number of carbonyl (C=O) groups excluding carboxylic acids is 4. The Labute approximate surface area is 194 Å². The molecule has 3 aromatic carbocycles. The van der Waals surface area contributed by atoms with Gasteiger partial charge in [-0.25, -0.2) is 0 Å². The van der Waals surface area contributed by atoms with Crippen LogP contribution in [-0.4, -0.2) is 35.3 Å². The van der Waals surface area contributed by atoms with Crippen molar-refractivity contribution >= 4 is 23.6 Å². The number of hydrogen-bond donors (Lipinski definition) is 2. The first-order valence-electron chi connectivity index (χ1n) is 10.5. The van der Waals surface area contributed by atoms with Crippen molar-refractivity contribution in [2.24, 2.45) is 5.73 Å². The van der Waals surface area contributed by atoms with Crippen molar-refractivity contribution in [2.45, 2.75) is 13.1 Å². The number of benzene rings is 3. The van der Waals surface area contributed by atoms with E-state index in [-0.39, 0.29) is 36.6 Å². The number of nitrogens with one attached hydrogen (secondary N) is 1. The van der Waals surface area contributed by atoms with Gasteiger partial charge >= 0.3 is 0 Å². The number of nitrogens with zero attached hydrogens (tertiary/aromatic N) is 1. The summed E-state index contributed by atoms with van der Waals surface area (Å²) in [7, 11) is 0. The van der Waals surface area contributed by atoms with Gasteiger partial charge in [-0.15, -0.1) is 0 Å². The van der Waals surface area contributed by atoms with Crippen molar-refractivity contribution < 1.29 is 28.7 Å². The third-order valence-corrected chi connectivity index (χ3v) is 5.70. The normalized spacial score (nSPS) is 13.7. The van der Waals surface area contributed by atoms with Gasteiger partial charge in [0.15, 0.2) is 11.5 Å². The number of rotatable bonds is 6. The predicted molar refractivity (Wildman–Crippen MR) is 119 cm³/mol. The topological polar surface area (TPSA) is 128 Å². The van der Waals surface area contributed by atoms with Crippen LogP contribution in [0.15, 0.2) is 60.7 Å². The van der Waals surface area contributed by atoms with E-state index in [1.54, 1.807) is 42.5 Å². The zero-order chi connectivity index (χ0) is 23.8. The minimum absolute atomic E-state index is 0.0752. The van der Waals surface area contributed by atoms with Gasteiger partial charge in [0.05, 0.1) is 17.7 Å². The van der Waals surface area contributed by atoms with Crippen LogP contribution in [0.4, 0.5) is 0 Å². The maximum atomic E-state index is 13.0. The highest BCUT2D eigenvalue weighted by atomic mass is 16.7. The minimum Gasteiger partial charge on any atom is -0.454 e. The van der Waals surface area contributed by atoms with Crippen molar-refractivity contribution in [3.63, 3.8) is 0 Å². The molecule has 4 amide bonds. The van der Waals surface area contributed by atoms with E-state index in [0.29, 0.717) is 17.1 Å². The van der Waals surface area contributed by atoms with Gasteiger partial charge in [-0.05, 0) is 53.6 Å². The van der Waals surface area contributed by atoms with Gasteiger partial charge in [-0.3, -0.25) is 24.1 Å². The van der Waals surface area contributed by atoms with Gasteiger partial charge in [-0.2, -0.15) is 0 Å². The van der Waals surface area contributed by atoms with Crippen LogP contribution in [0.2, 0.25) is 0 Å². The van der Waals surface area contributed by atoms with E-state index in [1.165, 1.54) is 18.2 Å². The van der Waals surface area contributed by atoms with Gasteiger partial charge in [0.2, 0.25) is 12.7 Å². The molecule has 2 aliphatic rings. The Balaban J connectivity index is 1.28. The third-order valence-electron chi connectivity index (χ3n) is 5.70. The molecule has 0 saturated heterocycles. The summed E-state index contributed by atoms with van der Waals surface area (Å²) in [5.41, 5.74) is 7.81. The summed E-state index contributed by atoms with van der Waals surface area (Å²) < 4.78 is 10.6. The molecule has 0 bridgehead atoms. The molecule has 0 saturated carbocycles. The van der Waals surface area contributed by atoms with E-state index in [2.05, 4.69) is 5.32 Å². The number of primary amides is 1. The zero-order valence-corrected chi connectivity index (χ0v) is 17.9. The molecule has 2 aliphatic heterocycles. The molecule has 0 unspecified atom stereocenters. The summed E-state index contributed by atoms with van der Waals surface area (Å²) in [6.07, 6.45) is 0. The average molecular weight is 457 g/mol. The number of imide groups is 1. The fraction of sp³-hybridized carbons (Fsp3) is 0.120. The van der Waals surface area contributed by atoms with E-state index in [9.17, 15) is 19.2 Å². The van der Waals surface area contributed by atoms with Crippen molar-refractivity contribution in [3.05, 3.63) is 94.0 Å². The first-order chi connectivity index (χ1) is 16.4. The number of ether oxygens (including phenoxy) is 2. The maximum absolute atomic E-state index is 13.0. The molecule has 3 aromatic rings. The molecule has 0 atom stereocenters. The summed E-state index contributed by atoms with van der Waals surface area (Å²) in [6.45, 7) is 0.430. The Kier molecular flexibility index (Phi) is 5.21. The van der Waals surface area contributed by atoms with E-state index in [0.717, 1.165) is 16.0 Å². The molecule has 0 aliphatic carbocycles. The van der Waals surface area contributed by atoms with Crippen LogP contribution < -0.4 is 20.5 Å². The lowest BCUT2D eigenvalue weighted by Crippen LogP contribution is -2.29. The van der Waals surface area contributed by atoms with Crippen LogP contribution in [0.1, 0.15) is 52.6 Å². The van der Waals surface area contributed by atoms with Crippen LogP contribution in [0.25, 0.3) is 0 Å². The number of carbonyl (C=O) groups is 4. The lowest BCUT2D eigenvalue weighted by molar-refractivity contribution is 0.0641. The zero-order valence-electron chi connectivity index (χ0n) is 17.9. The minimum atomic E-state index is -0.527. The number of nitrogens with two attached hydrogens (primary N) is 1. The summed E-state index contributed by atoms with van der Waals surface area (Å²) in [6, 6.07) is 16.2. The second kappa shape index (κ2) is 8.36. The number of hydrogen-bond acceptors (Lipinski definition) is 6. The molecule has 9 heteroatoms. The smallest absolute Gasteiger partial charge is 0.261 e. The second-order valence-corrected chi connectivity index (χ2v) is 7.89. The fourth-order valence-electron chi connectivity index (χ4n) is 3.87. The van der Waals surface area contributed by atoms with Crippen LogP contribution in [0.5, 0.6) is 11.5 Å². The Morgan fingerprint density at radius 1 is 0.824 bits per heavy atom. The van der Waals surface area contributed by atoms with Gasteiger partial charge in [-0.1, -0.05) is 18.2 Å². The van der Waals surface area contributed by atoms with Crippen LogP contribution in [0, 0.1) is 0 Å². The lowest BCUT2D eigenvalue weighted by Gasteiger charge is -2.14. The standard InChI is InChI=1S/C25H19N3O6/c26-22(29)16-4-1-14(2-5-16)11-27-23(30)17-6-7-18-19(10-17)25(32)28(24(18)31)12-15-3-8-20-21(9-15)34-13-33-20/h1-10H,11-13H2,(H2,26,29)(H,27,30). The number of fused-ring (bicyclic) bond motifs is 2. The van der Waals surface area contributed by atoms with Crippen LogP contribution in [-0.2, 0) is 13.1 Å². The second-order valence-electron chi connectivity index (χ2n) is 7.89. The molecule has 0 aromatic heterocycles. The summed E-state index contributed by atoms with van der Waals surface area (Å²) in [5.74, 6) is -0.617. The first kappa shape index (κ1) is 21.2. The van der Waals surface area contributed by atoms with Gasteiger partial charge in [0, 0.05) is 17.7 Å². The fourth-order valence-corrected chi connectivity index (χ4v) is 3.87. The monoisotopic (exact) mass is 457 g/mol. The Hall–Kier alpha value is -4.66. The highest BCUT2D eigenvalue weighted by molar-refractivity contribution is 6.22. The van der Waals surface area contributed by atoms with Crippen molar-refractivity contribution in [1.82, 2.24) is 10.2 Å². The molecule has 34 heavy (non-hydrogen) atoms. The lowest BCUT2D eigenvalue weighted by atomic mass is 10.1. The van der Waals surface area contributed by atoms with Crippen molar-refractivity contribution in [2.75, 3.05) is 6.79 Å². The Morgan fingerprint density at radius 2 is 1.50 bits per heavy atom. The Bertz CT molecular complexity index is 1350. The Morgan fingerprint density at radius 3 is 2.26 bits per heavy atom. The molecule has 0 radical (unpaired) electrons. The van der Waals surface area contributed by atoms with E-state index in [1.807, 2.05) is 0 Å². The van der Waals surface area contributed by atoms with Gasteiger partial charge < -0.3 is 20.5 Å². The maximum Gasteiger partial charge on any atom is 0.261 e. The molecule has 9 nitrogen and oxygen atoms in total. The molecule has 170 valence electrons. The first-order valence-corrected chi connectivity index (χ1v) is 10.5. The van der Waals surface area contributed by atoms with E-state index in [4.69, 9.17) is 15.2 Å². The summed E-state index contributed by atoms with van der Waals surface area (Å²) >= 11 is 0. The van der Waals surface area contributed by atoms with E-state index >= 15 is 0 Å². The van der Waals surface area contributed by atoms with Crippen LogP contribution in [0.3, 0.4) is 0 Å². The highest BCUT2D eigenvalue weighted by Gasteiger charge is 2.36. The van der Waals surface area contributed by atoms with Crippen molar-refractivity contribution in [1.29, 1.82) is 0 Å². The third kappa shape index (κ3) is 3.83. The molecule has 3 N–H and O–H groups in total. The summed E-state index contributed by atoms with van der Waals surface area (Å²) in [5, 5.41) is 2.77. The van der Waals surface area contributed by atoms with Gasteiger partial charge in [0.1, 0.15) is 0 Å². The molecule has 0 fully saturated rings. The van der Waals surface area contributed by atoms with Crippen molar-refractivity contribution in [3.8, 4) is 11.5 Å². The summed E-state index contributed by atoms with van der Waals surface area (Å²) in [4.78, 5) is 50.7. The molecular formula is C25H19N3O6. The average Bonchev–Trinajstić information content (AvgIpc) is 3.41. The van der Waals surface area contributed by atoms with Crippen LogP contribution >= 0.6 is 0 Å². The largest absolute Gasteiger partial charge is 0.454 e. The van der Waals surface area contributed by atoms with Gasteiger partial charge in [0.25, 0.3) is 17.7 Å². The number of amides is 4. The molecule has 0 spiro atoms. The quantitative estimate of drug-likeness (QED) is 0.547. The predicted octanol–water partition coefficient (Wildman–Crippen LogP) is 2.24. The SMILES string of the molecule is NC(=O)c1ccc(CNC(=O)c2ccc3c(c2)C(=O)N(Cc2ccc4c(c2)OCO4)C3=O)cc1. The molecular weight excluding hydrogens is 438 g/mol. The van der Waals surface area contributed by atoms with E-state index < -0.39 is 23.6 Å². The highest BCUT2D eigenvalue weighted by Crippen LogP contribution is 2.34.